The van der Waals surface area contributed by atoms with Crippen molar-refractivity contribution in [3.63, 3.8) is 0 Å². The highest BCUT2D eigenvalue weighted by Gasteiger charge is 2.83. The van der Waals surface area contributed by atoms with E-state index in [1.165, 1.54) is 12.2 Å². The number of aliphatic imine (C=N–C) groups is 2. The van der Waals surface area contributed by atoms with Gasteiger partial charge in [0.2, 0.25) is 24.5 Å². The Morgan fingerprint density at radius 1 is 0.708 bits per heavy atom. The summed E-state index contributed by atoms with van der Waals surface area (Å²) in [7, 11) is 0. The number of rotatable bonds is 2. The summed E-state index contributed by atoms with van der Waals surface area (Å²) in [4.78, 5) is 55.9. The average molecular weight is 334 g/mol. The molecule has 0 N–H and O–H groups in total. The molecule has 3 saturated heterocycles. The zero-order valence-corrected chi connectivity index (χ0v) is 13.6. The van der Waals surface area contributed by atoms with Gasteiger partial charge in [-0.2, -0.15) is 9.59 Å². The van der Waals surface area contributed by atoms with Crippen LogP contribution in [0.5, 0.6) is 0 Å². The molecule has 2 atom stereocenters. The predicted molar refractivity (Wildman–Crippen MR) is 81.8 cm³/mol. The molecular formula is C16H22N4O4+2. The average Bonchev–Trinajstić information content (AvgIpc) is 2.94. The summed E-state index contributed by atoms with van der Waals surface area (Å²) < 4.78 is -0.805. The molecule has 128 valence electrons. The summed E-state index contributed by atoms with van der Waals surface area (Å²) in [6, 6.07) is -0.534. The highest BCUT2D eigenvalue weighted by atomic mass is 16.3. The van der Waals surface area contributed by atoms with Crippen molar-refractivity contribution >= 4 is 24.2 Å². The Balaban J connectivity index is 2.04. The minimum Gasteiger partial charge on any atom is -0.211 e. The number of amides is 4. The number of isocyanates is 2. The lowest BCUT2D eigenvalue weighted by molar-refractivity contribution is -1.04. The maximum atomic E-state index is 13.3. The van der Waals surface area contributed by atoms with E-state index < -0.39 is 21.3 Å². The standard InChI is InChI=1S/C16H22N4O4/c21-11-17-13-7-3-1-5-9-19(13)15(23)20(16(19)24)10-6-2-4-8-14(20)18-12-22/h13-14H,1-10H2/q+2. The Kier molecular flexibility index (Phi) is 4.56. The van der Waals surface area contributed by atoms with Crippen LogP contribution in [0.2, 0.25) is 0 Å². The van der Waals surface area contributed by atoms with E-state index in [-0.39, 0.29) is 12.1 Å². The summed E-state index contributed by atoms with van der Waals surface area (Å²) in [6.07, 6.45) is 7.68. The number of imide groups is 2. The third-order valence-electron chi connectivity index (χ3n) is 5.73. The molecule has 0 aliphatic carbocycles. The lowest BCUT2D eigenvalue weighted by Gasteiger charge is -2.50. The molecule has 0 aromatic heterocycles. The fourth-order valence-electron chi connectivity index (χ4n) is 4.56. The molecule has 3 aliphatic rings. The van der Waals surface area contributed by atoms with Crippen molar-refractivity contribution in [1.29, 1.82) is 0 Å². The Morgan fingerprint density at radius 2 is 1.12 bits per heavy atom. The number of quaternary nitrogens is 2. The molecule has 0 bridgehead atoms. The van der Waals surface area contributed by atoms with Crippen LogP contribution >= 0.6 is 0 Å². The molecule has 3 rings (SSSR count). The third-order valence-corrected chi connectivity index (χ3v) is 5.73. The van der Waals surface area contributed by atoms with E-state index >= 15 is 0 Å². The highest BCUT2D eigenvalue weighted by molar-refractivity contribution is 5.92. The zero-order valence-electron chi connectivity index (χ0n) is 13.6. The number of hydrogen-bond acceptors (Lipinski definition) is 6. The van der Waals surface area contributed by atoms with Gasteiger partial charge in [-0.05, 0) is 38.5 Å². The molecule has 0 radical (unpaired) electrons. The van der Waals surface area contributed by atoms with Gasteiger partial charge >= 0.3 is 12.1 Å². The van der Waals surface area contributed by atoms with E-state index in [1.807, 2.05) is 0 Å². The van der Waals surface area contributed by atoms with Crippen molar-refractivity contribution in [3.8, 4) is 0 Å². The lowest BCUT2D eigenvalue weighted by atomic mass is 10.1. The first-order chi connectivity index (χ1) is 11.6. The van der Waals surface area contributed by atoms with Gasteiger partial charge in [0.15, 0.2) is 0 Å². The van der Waals surface area contributed by atoms with Crippen molar-refractivity contribution in [3.05, 3.63) is 0 Å². The normalized spacial score (nSPS) is 39.3. The molecule has 8 nitrogen and oxygen atoms in total. The van der Waals surface area contributed by atoms with Crippen LogP contribution in [0, 0.1) is 0 Å². The first-order valence-electron chi connectivity index (χ1n) is 8.64. The van der Waals surface area contributed by atoms with Gasteiger partial charge < -0.3 is 0 Å². The fraction of sp³-hybridized carbons (Fsp3) is 0.750. The van der Waals surface area contributed by atoms with Crippen LogP contribution in [0.15, 0.2) is 9.98 Å². The SMILES string of the molecule is O=C=NC1CCCCC[N+]12C(=O)[N+]1(CCCCCC1N=C=O)C2=O. The van der Waals surface area contributed by atoms with Gasteiger partial charge in [0.05, 0.1) is 0 Å². The summed E-state index contributed by atoms with van der Waals surface area (Å²) >= 11 is 0. The monoisotopic (exact) mass is 334 g/mol. The molecule has 0 aromatic rings. The van der Waals surface area contributed by atoms with Gasteiger partial charge in [0.1, 0.15) is 13.1 Å². The first kappa shape index (κ1) is 16.9. The molecule has 0 aromatic carbocycles. The van der Waals surface area contributed by atoms with E-state index in [2.05, 4.69) is 9.98 Å². The molecule has 8 heteroatoms. The molecule has 3 heterocycles. The Bertz CT molecular complexity index is 580. The highest BCUT2D eigenvalue weighted by Crippen LogP contribution is 2.46. The van der Waals surface area contributed by atoms with Crippen molar-refractivity contribution in [2.24, 2.45) is 9.98 Å². The number of nitrogens with zero attached hydrogens (tertiary/aromatic N) is 4. The van der Waals surface area contributed by atoms with Gasteiger partial charge in [0.25, 0.3) is 0 Å². The van der Waals surface area contributed by atoms with Crippen molar-refractivity contribution < 1.29 is 28.1 Å². The second-order valence-corrected chi connectivity index (χ2v) is 6.85. The first-order valence-corrected chi connectivity index (χ1v) is 8.64. The Labute approximate surface area is 140 Å². The van der Waals surface area contributed by atoms with Gasteiger partial charge in [-0.15, -0.1) is 9.98 Å². The molecule has 3 aliphatic heterocycles. The van der Waals surface area contributed by atoms with Crippen LogP contribution in [-0.2, 0) is 9.59 Å². The molecule has 24 heavy (non-hydrogen) atoms. The molecule has 2 unspecified atom stereocenters. The van der Waals surface area contributed by atoms with Crippen molar-refractivity contribution in [2.45, 2.75) is 63.7 Å². The Hall–Kier alpha value is -1.98. The molecule has 0 saturated carbocycles. The van der Waals surface area contributed by atoms with E-state index in [0.29, 0.717) is 25.9 Å². The van der Waals surface area contributed by atoms with E-state index in [1.54, 1.807) is 0 Å². The summed E-state index contributed by atoms with van der Waals surface area (Å²) in [5.41, 5.74) is 0. The number of hydrogen-bond donors (Lipinski definition) is 0. The quantitative estimate of drug-likeness (QED) is 0.440. The largest absolute Gasteiger partial charge is 0.542 e. The topological polar surface area (TPSA) is 93.0 Å². The van der Waals surface area contributed by atoms with Gasteiger partial charge in [-0.3, -0.25) is 0 Å². The van der Waals surface area contributed by atoms with Crippen molar-refractivity contribution in [2.75, 3.05) is 13.1 Å². The van der Waals surface area contributed by atoms with Crippen LogP contribution in [0.4, 0.5) is 9.59 Å². The molecular weight excluding hydrogens is 312 g/mol. The van der Waals surface area contributed by atoms with Crippen molar-refractivity contribution in [1.82, 2.24) is 0 Å². The second kappa shape index (κ2) is 6.49. The van der Waals surface area contributed by atoms with E-state index in [9.17, 15) is 19.2 Å². The predicted octanol–water partition coefficient (Wildman–Crippen LogP) is 2.35. The third kappa shape index (κ3) is 2.15. The maximum absolute atomic E-state index is 13.3. The van der Waals surface area contributed by atoms with Gasteiger partial charge in [-0.1, -0.05) is 8.97 Å². The van der Waals surface area contributed by atoms with Crippen LogP contribution in [0.3, 0.4) is 0 Å². The lowest BCUT2D eigenvalue weighted by Crippen LogP contribution is -2.89. The van der Waals surface area contributed by atoms with E-state index in [0.717, 1.165) is 38.5 Å². The minimum absolute atomic E-state index is 0.267. The van der Waals surface area contributed by atoms with Crippen LogP contribution in [0.25, 0.3) is 0 Å². The number of carbonyl (C=O) groups excluding carboxylic acids is 4. The van der Waals surface area contributed by atoms with Crippen LogP contribution in [0.1, 0.15) is 51.4 Å². The molecule has 4 amide bonds. The second-order valence-electron chi connectivity index (χ2n) is 6.85. The van der Waals surface area contributed by atoms with E-state index in [4.69, 9.17) is 0 Å². The number of carbonyl (C=O) groups is 2. The fourth-order valence-corrected chi connectivity index (χ4v) is 4.56. The minimum atomic E-state index is -0.683. The summed E-state index contributed by atoms with van der Waals surface area (Å²) in [5, 5.41) is 0. The molecule has 2 spiro atoms. The van der Waals surface area contributed by atoms with Crippen LogP contribution < -0.4 is 0 Å². The van der Waals surface area contributed by atoms with Gasteiger partial charge in [0, 0.05) is 12.8 Å². The Morgan fingerprint density at radius 3 is 1.50 bits per heavy atom. The summed E-state index contributed by atoms with van der Waals surface area (Å²) in [6.45, 7) is 0.732. The van der Waals surface area contributed by atoms with Crippen LogP contribution in [-0.4, -0.2) is 58.6 Å². The smallest absolute Gasteiger partial charge is 0.211 e. The number of urea groups is 2. The maximum Gasteiger partial charge on any atom is 0.542 e. The summed E-state index contributed by atoms with van der Waals surface area (Å²) in [5.74, 6) is 0. The zero-order chi connectivity index (χ0) is 17.2. The molecule has 3 fully saturated rings. The van der Waals surface area contributed by atoms with Gasteiger partial charge in [-0.25, -0.2) is 9.59 Å².